The smallest absolute Gasteiger partial charge is 0.0707 e. The molecule has 0 amide bonds. The highest BCUT2D eigenvalue weighted by Crippen LogP contribution is 2.05. The molecule has 0 saturated carbocycles. The maximum atomic E-state index is 5.41. The van der Waals surface area contributed by atoms with Crippen LogP contribution in [-0.4, -0.2) is 25.4 Å². The molecule has 0 rings (SSSR count). The van der Waals surface area contributed by atoms with Gasteiger partial charge in [0.1, 0.15) is 0 Å². The highest BCUT2D eigenvalue weighted by molar-refractivity contribution is 4.57. The second-order valence-corrected chi connectivity index (χ2v) is 3.16. The van der Waals surface area contributed by atoms with E-state index in [0.29, 0.717) is 13.2 Å². The van der Waals surface area contributed by atoms with Gasteiger partial charge in [-0.2, -0.15) is 0 Å². The number of hydrogen-bond acceptors (Lipinski definition) is 2. The molecule has 2 nitrogen and oxygen atoms in total. The normalized spacial score (nSPS) is 10.5. The zero-order chi connectivity index (χ0) is 10.0. The Hall–Kier alpha value is -0.0800. The molecule has 76 valence electrons. The highest BCUT2D eigenvalue weighted by Gasteiger charge is 2.08. The zero-order valence-electron chi connectivity index (χ0n) is 9.44. The van der Waals surface area contributed by atoms with E-state index < -0.39 is 0 Å². The molecule has 0 aliphatic carbocycles. The summed E-state index contributed by atoms with van der Waals surface area (Å²) in [5, 5.41) is 0. The molecule has 0 radical (unpaired) electrons. The minimum absolute atomic E-state index is 0.0307. The van der Waals surface area contributed by atoms with Crippen molar-refractivity contribution in [2.45, 2.75) is 47.1 Å². The number of ether oxygens (including phenoxy) is 2. The van der Waals surface area contributed by atoms with E-state index in [9.17, 15) is 0 Å². The Morgan fingerprint density at radius 1 is 1.00 bits per heavy atom. The molecular formula is C10H24O2. The van der Waals surface area contributed by atoms with Crippen LogP contribution in [0.25, 0.3) is 0 Å². The Morgan fingerprint density at radius 3 is 1.83 bits per heavy atom. The molecule has 0 bridgehead atoms. The lowest BCUT2D eigenvalue weighted by Crippen LogP contribution is -2.21. The van der Waals surface area contributed by atoms with Crippen LogP contribution in [-0.2, 0) is 9.47 Å². The van der Waals surface area contributed by atoms with E-state index in [1.54, 1.807) is 0 Å². The van der Waals surface area contributed by atoms with Crippen molar-refractivity contribution >= 4 is 0 Å². The third-order valence-corrected chi connectivity index (χ3v) is 0.967. The van der Waals surface area contributed by atoms with Crippen LogP contribution in [0.2, 0.25) is 0 Å². The van der Waals surface area contributed by atoms with Gasteiger partial charge in [0.2, 0.25) is 0 Å². The van der Waals surface area contributed by atoms with Crippen molar-refractivity contribution in [3.8, 4) is 0 Å². The van der Waals surface area contributed by atoms with Crippen LogP contribution >= 0.6 is 0 Å². The van der Waals surface area contributed by atoms with E-state index >= 15 is 0 Å². The molecule has 0 aliphatic heterocycles. The molecule has 0 saturated heterocycles. The van der Waals surface area contributed by atoms with Crippen LogP contribution in [0.15, 0.2) is 0 Å². The lowest BCUT2D eigenvalue weighted by molar-refractivity contribution is -0.0331. The van der Waals surface area contributed by atoms with Gasteiger partial charge in [-0.25, -0.2) is 0 Å². The minimum Gasteiger partial charge on any atom is -0.379 e. The van der Waals surface area contributed by atoms with Crippen molar-refractivity contribution in [3.63, 3.8) is 0 Å². The topological polar surface area (TPSA) is 18.5 Å². The molecule has 0 unspecified atom stereocenters. The number of hydrogen-bond donors (Lipinski definition) is 0. The molecule has 0 N–H and O–H groups in total. The van der Waals surface area contributed by atoms with Gasteiger partial charge in [0, 0.05) is 6.61 Å². The summed E-state index contributed by atoms with van der Waals surface area (Å²) in [6, 6.07) is 0. The van der Waals surface area contributed by atoms with Crippen LogP contribution in [0.3, 0.4) is 0 Å². The molecule has 0 spiro atoms. The summed E-state index contributed by atoms with van der Waals surface area (Å²) in [7, 11) is 0. The monoisotopic (exact) mass is 176 g/mol. The van der Waals surface area contributed by atoms with Crippen molar-refractivity contribution < 1.29 is 9.47 Å². The van der Waals surface area contributed by atoms with Crippen molar-refractivity contribution in [2.75, 3.05) is 19.8 Å². The fraction of sp³-hybridized carbons (Fsp3) is 1.00. The summed E-state index contributed by atoms with van der Waals surface area (Å²) in [6.45, 7) is 14.3. The Bertz CT molecular complexity index is 74.4. The fourth-order valence-corrected chi connectivity index (χ4v) is 0.551. The van der Waals surface area contributed by atoms with E-state index in [2.05, 4.69) is 0 Å². The third kappa shape index (κ3) is 16.5. The van der Waals surface area contributed by atoms with Gasteiger partial charge >= 0.3 is 0 Å². The van der Waals surface area contributed by atoms with Crippen LogP contribution in [0.4, 0.5) is 0 Å². The van der Waals surface area contributed by atoms with Crippen LogP contribution in [0.1, 0.15) is 41.5 Å². The van der Waals surface area contributed by atoms with Gasteiger partial charge in [-0.3, -0.25) is 0 Å². The Labute approximate surface area is 77.3 Å². The summed E-state index contributed by atoms with van der Waals surface area (Å²) in [4.78, 5) is 0. The largest absolute Gasteiger partial charge is 0.379 e. The van der Waals surface area contributed by atoms with Crippen molar-refractivity contribution in [2.24, 2.45) is 0 Å². The summed E-state index contributed by atoms with van der Waals surface area (Å²) in [5.41, 5.74) is -0.0307. The second-order valence-electron chi connectivity index (χ2n) is 3.16. The quantitative estimate of drug-likeness (QED) is 0.613. The Morgan fingerprint density at radius 2 is 1.50 bits per heavy atom. The molecular weight excluding hydrogens is 152 g/mol. The van der Waals surface area contributed by atoms with Gasteiger partial charge in [0.15, 0.2) is 0 Å². The van der Waals surface area contributed by atoms with E-state index in [-0.39, 0.29) is 5.60 Å². The molecule has 0 atom stereocenters. The molecule has 0 aromatic rings. The summed E-state index contributed by atoms with van der Waals surface area (Å²) in [5.74, 6) is 0. The van der Waals surface area contributed by atoms with Gasteiger partial charge < -0.3 is 9.47 Å². The van der Waals surface area contributed by atoms with Gasteiger partial charge in [-0.15, -0.1) is 0 Å². The van der Waals surface area contributed by atoms with Gasteiger partial charge in [0.25, 0.3) is 0 Å². The van der Waals surface area contributed by atoms with Crippen molar-refractivity contribution in [1.29, 1.82) is 0 Å². The van der Waals surface area contributed by atoms with Gasteiger partial charge in [0.05, 0.1) is 18.8 Å². The van der Waals surface area contributed by atoms with E-state index in [4.69, 9.17) is 9.47 Å². The average molecular weight is 176 g/mol. The first kappa shape index (κ1) is 14.4. The predicted molar refractivity (Wildman–Crippen MR) is 53.5 cm³/mol. The fourth-order valence-electron chi connectivity index (χ4n) is 0.551. The molecule has 0 aromatic heterocycles. The summed E-state index contributed by atoms with van der Waals surface area (Å²) >= 11 is 0. The van der Waals surface area contributed by atoms with E-state index in [0.717, 1.165) is 6.61 Å². The molecule has 0 aliphatic rings. The average Bonchev–Trinajstić information content (AvgIpc) is 2.01. The minimum atomic E-state index is -0.0307. The molecule has 0 heterocycles. The van der Waals surface area contributed by atoms with Crippen molar-refractivity contribution in [3.05, 3.63) is 0 Å². The second kappa shape index (κ2) is 9.01. The SMILES string of the molecule is CC.CCOCCOC(C)(C)C. The standard InChI is InChI=1S/C8H18O2.C2H6/c1-5-9-6-7-10-8(2,3)4;1-2/h5-7H2,1-4H3;1-2H3. The zero-order valence-corrected chi connectivity index (χ0v) is 9.44. The molecule has 12 heavy (non-hydrogen) atoms. The van der Waals surface area contributed by atoms with E-state index in [1.165, 1.54) is 0 Å². The van der Waals surface area contributed by atoms with Crippen LogP contribution in [0.5, 0.6) is 0 Å². The summed E-state index contributed by atoms with van der Waals surface area (Å²) in [6.07, 6.45) is 0. The molecule has 0 fully saturated rings. The highest BCUT2D eigenvalue weighted by atomic mass is 16.5. The maximum Gasteiger partial charge on any atom is 0.0707 e. The lowest BCUT2D eigenvalue weighted by Gasteiger charge is -2.19. The number of rotatable bonds is 4. The molecule has 0 aromatic carbocycles. The summed E-state index contributed by atoms with van der Waals surface area (Å²) < 4.78 is 10.5. The first-order valence-electron chi connectivity index (χ1n) is 4.78. The Balaban J connectivity index is 0. The van der Waals surface area contributed by atoms with Crippen molar-refractivity contribution in [1.82, 2.24) is 0 Å². The third-order valence-electron chi connectivity index (χ3n) is 0.967. The maximum absolute atomic E-state index is 5.41. The van der Waals surface area contributed by atoms with Gasteiger partial charge in [-0.1, -0.05) is 13.8 Å². The first-order valence-corrected chi connectivity index (χ1v) is 4.78. The van der Waals surface area contributed by atoms with Crippen LogP contribution in [0, 0.1) is 0 Å². The first-order chi connectivity index (χ1) is 5.56. The molecule has 2 heteroatoms. The Kier molecular flexibility index (Phi) is 10.8. The van der Waals surface area contributed by atoms with E-state index in [1.807, 2.05) is 41.5 Å². The predicted octanol–water partition coefficient (Wildman–Crippen LogP) is 2.86. The lowest BCUT2D eigenvalue weighted by atomic mass is 10.2. The van der Waals surface area contributed by atoms with Gasteiger partial charge in [-0.05, 0) is 27.7 Å². The van der Waals surface area contributed by atoms with Crippen LogP contribution < -0.4 is 0 Å².